The van der Waals surface area contributed by atoms with Crippen LogP contribution in [0.4, 0.5) is 0 Å². The Bertz CT molecular complexity index is 560. The average Bonchev–Trinajstić information content (AvgIpc) is 3.18. The molecular formula is C16H27IN4O2S. The van der Waals surface area contributed by atoms with E-state index in [1.165, 1.54) is 4.88 Å². The Hall–Kier alpha value is -0.450. The lowest BCUT2D eigenvalue weighted by atomic mass is 10.1. The van der Waals surface area contributed by atoms with Crippen molar-refractivity contribution in [2.75, 3.05) is 33.4 Å². The monoisotopic (exact) mass is 466 g/mol. The van der Waals surface area contributed by atoms with Gasteiger partial charge in [0.2, 0.25) is 0 Å². The lowest BCUT2D eigenvalue weighted by Gasteiger charge is -2.37. The Morgan fingerprint density at radius 3 is 2.75 bits per heavy atom. The van der Waals surface area contributed by atoms with Crippen LogP contribution in [0.1, 0.15) is 28.4 Å². The van der Waals surface area contributed by atoms with Gasteiger partial charge in [-0.05, 0) is 26.7 Å². The number of hydrogen-bond acceptors (Lipinski definition) is 5. The Labute approximate surface area is 165 Å². The molecule has 24 heavy (non-hydrogen) atoms. The molecule has 2 fully saturated rings. The molecule has 1 aromatic heterocycles. The SMILES string of the molecule is CN=C(NCc1sc(C)nc1C)N1CCOC(C2CCCO2)C1.I. The number of aromatic nitrogens is 1. The molecule has 3 rings (SSSR count). The highest BCUT2D eigenvalue weighted by Crippen LogP contribution is 2.21. The molecule has 0 aromatic carbocycles. The Balaban J connectivity index is 0.00000208. The van der Waals surface area contributed by atoms with Gasteiger partial charge < -0.3 is 19.7 Å². The van der Waals surface area contributed by atoms with Gasteiger partial charge >= 0.3 is 0 Å². The highest BCUT2D eigenvalue weighted by Gasteiger charge is 2.32. The van der Waals surface area contributed by atoms with Crippen LogP contribution in [-0.2, 0) is 16.0 Å². The predicted octanol–water partition coefficient (Wildman–Crippen LogP) is 2.33. The van der Waals surface area contributed by atoms with Crippen LogP contribution < -0.4 is 5.32 Å². The fourth-order valence-electron chi connectivity index (χ4n) is 3.22. The number of nitrogens with zero attached hydrogens (tertiary/aromatic N) is 3. The van der Waals surface area contributed by atoms with Crippen molar-refractivity contribution in [3.63, 3.8) is 0 Å². The normalized spacial score (nSPS) is 24.8. The van der Waals surface area contributed by atoms with Gasteiger partial charge in [-0.3, -0.25) is 4.99 Å². The minimum atomic E-state index is 0. The molecule has 0 aliphatic carbocycles. The summed E-state index contributed by atoms with van der Waals surface area (Å²) in [5, 5.41) is 4.58. The maximum Gasteiger partial charge on any atom is 0.194 e. The molecule has 136 valence electrons. The molecule has 2 aliphatic heterocycles. The van der Waals surface area contributed by atoms with Crippen molar-refractivity contribution >= 4 is 41.3 Å². The summed E-state index contributed by atoms with van der Waals surface area (Å²) in [5.41, 5.74) is 1.11. The Morgan fingerprint density at radius 1 is 1.33 bits per heavy atom. The highest BCUT2D eigenvalue weighted by atomic mass is 127. The van der Waals surface area contributed by atoms with Crippen molar-refractivity contribution in [2.24, 2.45) is 4.99 Å². The summed E-state index contributed by atoms with van der Waals surface area (Å²) in [7, 11) is 1.84. The number of guanidine groups is 1. The van der Waals surface area contributed by atoms with Gasteiger partial charge in [0.05, 0.1) is 30.0 Å². The molecule has 1 aromatic rings. The summed E-state index contributed by atoms with van der Waals surface area (Å²) in [6, 6.07) is 0. The van der Waals surface area contributed by atoms with E-state index in [1.807, 2.05) is 14.0 Å². The van der Waals surface area contributed by atoms with Crippen LogP contribution in [0.25, 0.3) is 0 Å². The predicted molar refractivity (Wildman–Crippen MR) is 107 cm³/mol. The number of nitrogens with one attached hydrogen (secondary N) is 1. The lowest BCUT2D eigenvalue weighted by Crippen LogP contribution is -2.53. The van der Waals surface area contributed by atoms with Crippen molar-refractivity contribution in [3.05, 3.63) is 15.6 Å². The van der Waals surface area contributed by atoms with Gasteiger partial charge in [0.15, 0.2) is 5.96 Å². The van der Waals surface area contributed by atoms with Gasteiger partial charge in [-0.25, -0.2) is 4.98 Å². The number of halogens is 1. The quantitative estimate of drug-likeness (QED) is 0.421. The van der Waals surface area contributed by atoms with Crippen LogP contribution in [0, 0.1) is 13.8 Å². The van der Waals surface area contributed by atoms with E-state index in [0.29, 0.717) is 0 Å². The van der Waals surface area contributed by atoms with E-state index in [1.54, 1.807) is 11.3 Å². The van der Waals surface area contributed by atoms with Gasteiger partial charge in [0, 0.05) is 31.6 Å². The molecule has 2 unspecified atom stereocenters. The van der Waals surface area contributed by atoms with Crippen LogP contribution in [-0.4, -0.2) is 61.4 Å². The maximum absolute atomic E-state index is 5.91. The van der Waals surface area contributed by atoms with E-state index in [4.69, 9.17) is 9.47 Å². The van der Waals surface area contributed by atoms with Crippen molar-refractivity contribution in [1.29, 1.82) is 0 Å². The molecule has 6 nitrogen and oxygen atoms in total. The maximum atomic E-state index is 5.91. The molecule has 2 aliphatic rings. The van der Waals surface area contributed by atoms with Crippen LogP contribution in [0.3, 0.4) is 0 Å². The second-order valence-corrected chi connectivity index (χ2v) is 7.34. The fraction of sp³-hybridized carbons (Fsp3) is 0.750. The summed E-state index contributed by atoms with van der Waals surface area (Å²) >= 11 is 1.74. The first-order chi connectivity index (χ1) is 11.2. The van der Waals surface area contributed by atoms with Crippen LogP contribution in [0.2, 0.25) is 0 Å². The zero-order valence-electron chi connectivity index (χ0n) is 14.6. The molecular weight excluding hydrogens is 439 g/mol. The number of morpholine rings is 1. The van der Waals surface area contributed by atoms with Gasteiger partial charge in [-0.2, -0.15) is 0 Å². The van der Waals surface area contributed by atoms with Gasteiger partial charge in [0.25, 0.3) is 0 Å². The van der Waals surface area contributed by atoms with E-state index in [-0.39, 0.29) is 36.2 Å². The van der Waals surface area contributed by atoms with Gasteiger partial charge in [-0.1, -0.05) is 0 Å². The van der Waals surface area contributed by atoms with Crippen molar-refractivity contribution in [3.8, 4) is 0 Å². The van der Waals surface area contributed by atoms with Crippen LogP contribution >= 0.6 is 35.3 Å². The van der Waals surface area contributed by atoms with Gasteiger partial charge in [0.1, 0.15) is 6.10 Å². The molecule has 0 amide bonds. The second-order valence-electron chi connectivity index (χ2n) is 6.05. The van der Waals surface area contributed by atoms with Crippen molar-refractivity contribution < 1.29 is 9.47 Å². The molecule has 8 heteroatoms. The number of ether oxygens (including phenoxy) is 2. The van der Waals surface area contributed by atoms with E-state index >= 15 is 0 Å². The number of aliphatic imine (C=N–C) groups is 1. The zero-order valence-corrected chi connectivity index (χ0v) is 17.7. The van der Waals surface area contributed by atoms with Crippen LogP contribution in [0.15, 0.2) is 4.99 Å². The largest absolute Gasteiger partial charge is 0.375 e. The topological polar surface area (TPSA) is 59.0 Å². The number of aryl methyl sites for hydroxylation is 2. The van der Waals surface area contributed by atoms with E-state index in [2.05, 4.69) is 27.1 Å². The number of rotatable bonds is 3. The Kier molecular flexibility index (Phi) is 7.70. The van der Waals surface area contributed by atoms with E-state index < -0.39 is 0 Å². The molecule has 3 heterocycles. The standard InChI is InChI=1S/C16H26N4O2S.HI/c1-11-15(23-12(2)19-11)9-18-16(17-3)20-6-8-22-14(10-20)13-5-4-7-21-13;/h13-14H,4-10H2,1-3H3,(H,17,18);1H. The first-order valence-corrected chi connectivity index (χ1v) is 9.10. The van der Waals surface area contributed by atoms with Crippen molar-refractivity contribution in [2.45, 2.75) is 45.4 Å². The molecule has 2 saturated heterocycles. The lowest BCUT2D eigenvalue weighted by molar-refractivity contribution is -0.0817. The Morgan fingerprint density at radius 2 is 2.12 bits per heavy atom. The molecule has 0 bridgehead atoms. The summed E-state index contributed by atoms with van der Waals surface area (Å²) in [6.07, 6.45) is 2.63. The molecule has 2 atom stereocenters. The molecule has 0 saturated carbocycles. The van der Waals surface area contributed by atoms with Gasteiger partial charge in [-0.15, -0.1) is 35.3 Å². The second kappa shape index (κ2) is 9.30. The van der Waals surface area contributed by atoms with Crippen LogP contribution in [0.5, 0.6) is 0 Å². The summed E-state index contributed by atoms with van der Waals surface area (Å²) in [6.45, 7) is 8.17. The molecule has 0 radical (unpaired) electrons. The average molecular weight is 466 g/mol. The summed E-state index contributed by atoms with van der Waals surface area (Å²) in [4.78, 5) is 12.5. The third-order valence-corrected chi connectivity index (χ3v) is 5.46. The molecule has 1 N–H and O–H groups in total. The fourth-order valence-corrected chi connectivity index (χ4v) is 4.09. The third-order valence-electron chi connectivity index (χ3n) is 4.39. The van der Waals surface area contributed by atoms with Crippen molar-refractivity contribution in [1.82, 2.24) is 15.2 Å². The smallest absolute Gasteiger partial charge is 0.194 e. The minimum absolute atomic E-state index is 0. The first kappa shape index (κ1) is 19.9. The highest BCUT2D eigenvalue weighted by molar-refractivity contribution is 14.0. The zero-order chi connectivity index (χ0) is 16.2. The molecule has 0 spiro atoms. The first-order valence-electron chi connectivity index (χ1n) is 8.29. The minimum Gasteiger partial charge on any atom is -0.375 e. The van der Waals surface area contributed by atoms with E-state index in [9.17, 15) is 0 Å². The van der Waals surface area contributed by atoms with E-state index in [0.717, 1.165) is 62.4 Å². The summed E-state index contributed by atoms with van der Waals surface area (Å²) in [5.74, 6) is 0.932. The summed E-state index contributed by atoms with van der Waals surface area (Å²) < 4.78 is 11.7. The number of hydrogen-bond donors (Lipinski definition) is 1. The third kappa shape index (κ3) is 4.80. The number of thiazole rings is 1.